The van der Waals surface area contributed by atoms with Gasteiger partial charge in [0.05, 0.1) is 22.5 Å². The number of carbonyl (C=O) groups is 3. The largest absolute Gasteiger partial charge is 0.325 e. The summed E-state index contributed by atoms with van der Waals surface area (Å²) in [6.07, 6.45) is 1.92. The summed E-state index contributed by atoms with van der Waals surface area (Å²) in [5.74, 6) is -0.379. The Morgan fingerprint density at radius 2 is 1.66 bits per heavy atom. The number of benzene rings is 3. The fourth-order valence-corrected chi connectivity index (χ4v) is 5.03. The molecule has 172 valence electrons. The van der Waals surface area contributed by atoms with Crippen LogP contribution in [0.4, 0.5) is 11.4 Å². The average molecular weight is 463 g/mol. The predicted octanol–water partition coefficient (Wildman–Crippen LogP) is 4.77. The molecule has 0 saturated heterocycles. The third-order valence-electron chi connectivity index (χ3n) is 6.61. The van der Waals surface area contributed by atoms with Crippen molar-refractivity contribution in [3.63, 3.8) is 0 Å². The predicted molar refractivity (Wildman–Crippen MR) is 133 cm³/mol. The maximum atomic E-state index is 13.5. The van der Waals surface area contributed by atoms with Crippen LogP contribution in [0.1, 0.15) is 45.3 Å². The molecule has 0 unspecified atom stereocenters. The van der Waals surface area contributed by atoms with E-state index in [1.807, 2.05) is 60.7 Å². The minimum absolute atomic E-state index is 0.113. The van der Waals surface area contributed by atoms with Crippen LogP contribution < -0.4 is 10.2 Å². The first-order valence-electron chi connectivity index (χ1n) is 11.6. The van der Waals surface area contributed by atoms with Crippen molar-refractivity contribution in [1.82, 2.24) is 9.88 Å². The van der Waals surface area contributed by atoms with Gasteiger partial charge in [-0.25, -0.2) is 0 Å². The van der Waals surface area contributed by atoms with Crippen molar-refractivity contribution in [2.75, 3.05) is 16.8 Å². The second-order valence-corrected chi connectivity index (χ2v) is 8.68. The Morgan fingerprint density at radius 1 is 0.857 bits per heavy atom. The number of amides is 3. The SMILES string of the molecule is O=C(CCCN1C(=O)c2ccccc2N2C(=O)c3ccccc3[C@@H]12)Nc1cccc2ncccc12. The van der Waals surface area contributed by atoms with Crippen LogP contribution in [-0.2, 0) is 4.79 Å². The molecule has 1 atom stereocenters. The third-order valence-corrected chi connectivity index (χ3v) is 6.61. The molecule has 0 radical (unpaired) electrons. The van der Waals surface area contributed by atoms with Crippen LogP contribution in [0.15, 0.2) is 85.1 Å². The van der Waals surface area contributed by atoms with E-state index in [9.17, 15) is 14.4 Å². The molecule has 0 spiro atoms. The lowest BCUT2D eigenvalue weighted by atomic mass is 10.0. The van der Waals surface area contributed by atoms with Gasteiger partial charge in [-0.05, 0) is 48.9 Å². The van der Waals surface area contributed by atoms with Gasteiger partial charge in [-0.3, -0.25) is 24.3 Å². The monoisotopic (exact) mass is 462 g/mol. The standard InChI is InChI=1S/C28H22N4O3/c33-25(30-23-13-5-12-22-20(23)11-6-16-29-22)15-7-17-31-26-18-8-1-2-9-19(18)28(35)32(26)24-14-4-3-10-21(24)27(31)34/h1-6,8-14,16,26H,7,15,17H2,(H,30,33)/t26-/m0/s1. The van der Waals surface area contributed by atoms with E-state index in [1.54, 1.807) is 34.2 Å². The first-order chi connectivity index (χ1) is 17.1. The number of nitrogens with zero attached hydrogens (tertiary/aromatic N) is 3. The quantitative estimate of drug-likeness (QED) is 0.463. The highest BCUT2D eigenvalue weighted by Gasteiger charge is 2.47. The number of anilines is 2. The summed E-state index contributed by atoms with van der Waals surface area (Å²) < 4.78 is 0. The van der Waals surface area contributed by atoms with Gasteiger partial charge in [0.15, 0.2) is 0 Å². The van der Waals surface area contributed by atoms with Gasteiger partial charge < -0.3 is 10.2 Å². The molecule has 1 aromatic heterocycles. The lowest BCUT2D eigenvalue weighted by molar-refractivity contribution is -0.116. The molecule has 35 heavy (non-hydrogen) atoms. The molecular formula is C28H22N4O3. The number of hydrogen-bond acceptors (Lipinski definition) is 4. The Morgan fingerprint density at radius 3 is 2.54 bits per heavy atom. The zero-order chi connectivity index (χ0) is 23.9. The van der Waals surface area contributed by atoms with Crippen LogP contribution in [0.25, 0.3) is 10.9 Å². The number of hydrogen-bond donors (Lipinski definition) is 1. The number of pyridine rings is 1. The molecule has 7 nitrogen and oxygen atoms in total. The fourth-order valence-electron chi connectivity index (χ4n) is 5.03. The van der Waals surface area contributed by atoms with Crippen LogP contribution in [0.3, 0.4) is 0 Å². The zero-order valence-electron chi connectivity index (χ0n) is 18.8. The van der Waals surface area contributed by atoms with Gasteiger partial charge in [0.25, 0.3) is 11.8 Å². The Hall–Kier alpha value is -4.52. The van der Waals surface area contributed by atoms with E-state index in [1.165, 1.54) is 0 Å². The van der Waals surface area contributed by atoms with Gasteiger partial charge in [-0.15, -0.1) is 0 Å². The van der Waals surface area contributed by atoms with Crippen molar-refractivity contribution in [2.45, 2.75) is 19.0 Å². The molecule has 1 N–H and O–H groups in total. The number of rotatable bonds is 5. The van der Waals surface area contributed by atoms with Gasteiger partial charge in [-0.1, -0.05) is 36.4 Å². The van der Waals surface area contributed by atoms with Crippen molar-refractivity contribution in [3.8, 4) is 0 Å². The second-order valence-electron chi connectivity index (χ2n) is 8.68. The fraction of sp³-hybridized carbons (Fsp3) is 0.143. The molecule has 3 heterocycles. The number of fused-ring (bicyclic) bond motifs is 6. The Bertz CT molecular complexity index is 1490. The van der Waals surface area contributed by atoms with Crippen molar-refractivity contribution in [3.05, 3.63) is 102 Å². The van der Waals surface area contributed by atoms with E-state index >= 15 is 0 Å². The smallest absolute Gasteiger partial charge is 0.260 e. The molecular weight excluding hydrogens is 440 g/mol. The van der Waals surface area contributed by atoms with E-state index in [0.717, 1.165) is 16.5 Å². The Balaban J connectivity index is 1.22. The molecule has 3 amide bonds. The molecule has 4 aromatic rings. The molecule has 0 aliphatic carbocycles. The maximum absolute atomic E-state index is 13.5. The van der Waals surface area contributed by atoms with Gasteiger partial charge in [-0.2, -0.15) is 0 Å². The van der Waals surface area contributed by atoms with Gasteiger partial charge in [0.2, 0.25) is 5.91 Å². The molecule has 2 aliphatic rings. The number of nitrogens with one attached hydrogen (secondary N) is 1. The average Bonchev–Trinajstić information content (AvgIpc) is 3.19. The molecule has 0 fully saturated rings. The Kier molecular flexibility index (Phi) is 5.03. The van der Waals surface area contributed by atoms with E-state index in [0.29, 0.717) is 35.5 Å². The summed E-state index contributed by atoms with van der Waals surface area (Å²) in [6.45, 7) is 0.348. The van der Waals surface area contributed by atoms with Crippen molar-refractivity contribution >= 4 is 40.0 Å². The summed E-state index contributed by atoms with van der Waals surface area (Å²) >= 11 is 0. The summed E-state index contributed by atoms with van der Waals surface area (Å²) in [5, 5.41) is 3.85. The number of para-hydroxylation sites is 1. The molecule has 2 aliphatic heterocycles. The minimum Gasteiger partial charge on any atom is -0.325 e. The molecule has 6 rings (SSSR count). The maximum Gasteiger partial charge on any atom is 0.260 e. The second kappa shape index (κ2) is 8.36. The van der Waals surface area contributed by atoms with Crippen molar-refractivity contribution in [1.29, 1.82) is 0 Å². The molecule has 7 heteroatoms. The highest BCUT2D eigenvalue weighted by atomic mass is 16.2. The number of carbonyl (C=O) groups excluding carboxylic acids is 3. The van der Waals surface area contributed by atoms with Crippen LogP contribution in [0.2, 0.25) is 0 Å². The van der Waals surface area contributed by atoms with E-state index < -0.39 is 6.17 Å². The van der Waals surface area contributed by atoms with Crippen LogP contribution in [-0.4, -0.2) is 34.2 Å². The van der Waals surface area contributed by atoms with Crippen LogP contribution >= 0.6 is 0 Å². The van der Waals surface area contributed by atoms with Gasteiger partial charge in [0, 0.05) is 35.7 Å². The highest BCUT2D eigenvalue weighted by molar-refractivity contribution is 6.16. The first kappa shape index (κ1) is 21.0. The van der Waals surface area contributed by atoms with Crippen molar-refractivity contribution < 1.29 is 14.4 Å². The Labute approximate surface area is 202 Å². The van der Waals surface area contributed by atoms with Crippen molar-refractivity contribution in [2.24, 2.45) is 0 Å². The minimum atomic E-state index is -0.506. The number of aromatic nitrogens is 1. The lowest BCUT2D eigenvalue weighted by Crippen LogP contribution is -2.48. The summed E-state index contributed by atoms with van der Waals surface area (Å²) in [7, 11) is 0. The van der Waals surface area contributed by atoms with E-state index in [2.05, 4.69) is 10.3 Å². The summed E-state index contributed by atoms with van der Waals surface area (Å²) in [6, 6.07) is 24.0. The van der Waals surface area contributed by atoms with E-state index in [4.69, 9.17) is 0 Å². The molecule has 0 saturated carbocycles. The van der Waals surface area contributed by atoms with Gasteiger partial charge in [0.1, 0.15) is 6.17 Å². The highest BCUT2D eigenvalue weighted by Crippen LogP contribution is 2.45. The summed E-state index contributed by atoms with van der Waals surface area (Å²) in [4.78, 5) is 47.2. The topological polar surface area (TPSA) is 82.6 Å². The van der Waals surface area contributed by atoms with Crippen LogP contribution in [0.5, 0.6) is 0 Å². The van der Waals surface area contributed by atoms with Crippen LogP contribution in [0, 0.1) is 0 Å². The van der Waals surface area contributed by atoms with E-state index in [-0.39, 0.29) is 24.1 Å². The summed E-state index contributed by atoms with van der Waals surface area (Å²) in [5.41, 5.74) is 4.07. The molecule has 3 aromatic carbocycles. The molecule has 0 bridgehead atoms. The lowest BCUT2D eigenvalue weighted by Gasteiger charge is -2.41. The first-order valence-corrected chi connectivity index (χ1v) is 11.6. The third kappa shape index (κ3) is 3.44. The zero-order valence-corrected chi connectivity index (χ0v) is 18.8. The van der Waals surface area contributed by atoms with Gasteiger partial charge >= 0.3 is 0 Å². The normalized spacial score (nSPS) is 16.2.